The second-order valence-corrected chi connectivity index (χ2v) is 4.43. The molecule has 0 atom stereocenters. The van der Waals surface area contributed by atoms with Crippen molar-refractivity contribution in [3.8, 4) is 22.4 Å². The maximum atomic E-state index is 11.2. The van der Waals surface area contributed by atoms with Crippen LogP contribution < -0.4 is 0 Å². The molecule has 3 aromatic rings. The summed E-state index contributed by atoms with van der Waals surface area (Å²) in [6.45, 7) is 0. The van der Waals surface area contributed by atoms with E-state index in [1.165, 1.54) is 0 Å². The van der Waals surface area contributed by atoms with Crippen LogP contribution >= 0.6 is 0 Å². The third kappa shape index (κ3) is 2.19. The van der Waals surface area contributed by atoms with E-state index in [4.69, 9.17) is 0 Å². The van der Waals surface area contributed by atoms with Crippen LogP contribution in [0.1, 0.15) is 0 Å². The Kier molecular flexibility index (Phi) is 3.05. The number of rotatable bonds is 3. The van der Waals surface area contributed by atoms with Gasteiger partial charge in [0, 0.05) is 11.6 Å². The molecule has 0 bridgehead atoms. The molecular formula is C16H12N2O2. The molecule has 20 heavy (non-hydrogen) atoms. The quantitative estimate of drug-likeness (QED) is 0.567. The van der Waals surface area contributed by atoms with Crippen LogP contribution in [0.3, 0.4) is 0 Å². The first-order chi connectivity index (χ1) is 9.75. The molecule has 2 aromatic carbocycles. The molecule has 1 heterocycles. The lowest BCUT2D eigenvalue weighted by atomic mass is 10.1. The highest BCUT2D eigenvalue weighted by molar-refractivity contribution is 5.78. The van der Waals surface area contributed by atoms with Crippen LogP contribution in [0.5, 0.6) is 0 Å². The molecule has 0 unspecified atom stereocenters. The Bertz CT molecular complexity index is 734. The van der Waals surface area contributed by atoms with Gasteiger partial charge in [0.05, 0.1) is 5.56 Å². The Morgan fingerprint density at radius 1 is 0.850 bits per heavy atom. The predicted octanol–water partition coefficient (Wildman–Crippen LogP) is 4.26. The molecule has 4 nitrogen and oxygen atoms in total. The molecule has 0 amide bonds. The van der Waals surface area contributed by atoms with E-state index in [2.05, 4.69) is 4.98 Å². The molecule has 0 aliphatic heterocycles. The van der Waals surface area contributed by atoms with Crippen molar-refractivity contribution in [2.75, 3.05) is 0 Å². The molecule has 4 heteroatoms. The fraction of sp³-hybridized carbons (Fsp3) is 0. The summed E-state index contributed by atoms with van der Waals surface area (Å²) in [4.78, 5) is 13.7. The Morgan fingerprint density at radius 2 is 1.40 bits per heavy atom. The van der Waals surface area contributed by atoms with E-state index in [0.717, 1.165) is 16.8 Å². The van der Waals surface area contributed by atoms with Gasteiger partial charge >= 0.3 is 5.82 Å². The van der Waals surface area contributed by atoms with Crippen molar-refractivity contribution in [2.45, 2.75) is 0 Å². The third-order valence-electron chi connectivity index (χ3n) is 3.15. The van der Waals surface area contributed by atoms with Gasteiger partial charge in [-0.2, -0.15) is 0 Å². The van der Waals surface area contributed by atoms with Gasteiger partial charge in [-0.25, -0.2) is 4.98 Å². The van der Waals surface area contributed by atoms with Crippen LogP contribution in [0.15, 0.2) is 66.7 Å². The second kappa shape index (κ2) is 5.01. The minimum absolute atomic E-state index is 0.0232. The van der Waals surface area contributed by atoms with Gasteiger partial charge in [-0.05, 0) is 10.5 Å². The summed E-state index contributed by atoms with van der Waals surface area (Å²) in [5.74, 6) is 0.0232. The number of nitro groups is 1. The SMILES string of the molecule is O=[N+]([O-])c1[nH]c(-c2ccccc2)cc1-c1ccccc1. The summed E-state index contributed by atoms with van der Waals surface area (Å²) in [6, 6.07) is 20.8. The summed E-state index contributed by atoms with van der Waals surface area (Å²) >= 11 is 0. The van der Waals surface area contributed by atoms with Crippen LogP contribution in [0, 0.1) is 10.1 Å². The molecule has 3 rings (SSSR count). The summed E-state index contributed by atoms with van der Waals surface area (Å²) in [5.41, 5.74) is 3.11. The van der Waals surface area contributed by atoms with Crippen molar-refractivity contribution in [1.29, 1.82) is 0 Å². The smallest absolute Gasteiger partial charge is 0.329 e. The van der Waals surface area contributed by atoms with E-state index in [-0.39, 0.29) is 10.7 Å². The molecule has 0 spiro atoms. The average Bonchev–Trinajstić information content (AvgIpc) is 2.94. The van der Waals surface area contributed by atoms with E-state index in [0.29, 0.717) is 5.56 Å². The topological polar surface area (TPSA) is 58.9 Å². The highest BCUT2D eigenvalue weighted by atomic mass is 16.6. The van der Waals surface area contributed by atoms with E-state index >= 15 is 0 Å². The lowest BCUT2D eigenvalue weighted by molar-refractivity contribution is -0.388. The summed E-state index contributed by atoms with van der Waals surface area (Å²) < 4.78 is 0. The monoisotopic (exact) mass is 264 g/mol. The van der Waals surface area contributed by atoms with Gasteiger partial charge in [-0.3, -0.25) is 0 Å². The first kappa shape index (κ1) is 12.2. The lowest BCUT2D eigenvalue weighted by Crippen LogP contribution is -1.90. The number of hydrogen-bond donors (Lipinski definition) is 1. The van der Waals surface area contributed by atoms with Crippen LogP contribution in [0.2, 0.25) is 0 Å². The second-order valence-electron chi connectivity index (χ2n) is 4.43. The van der Waals surface area contributed by atoms with Crippen molar-refractivity contribution in [3.63, 3.8) is 0 Å². The Balaban J connectivity index is 2.15. The van der Waals surface area contributed by atoms with Crippen molar-refractivity contribution >= 4 is 5.82 Å². The third-order valence-corrected chi connectivity index (χ3v) is 3.15. The molecule has 0 aliphatic carbocycles. The lowest BCUT2D eigenvalue weighted by Gasteiger charge is -1.97. The number of benzene rings is 2. The van der Waals surface area contributed by atoms with Crippen molar-refractivity contribution < 1.29 is 4.92 Å². The zero-order valence-electron chi connectivity index (χ0n) is 10.6. The number of nitrogens with one attached hydrogen (secondary N) is 1. The number of aromatic amines is 1. The van der Waals surface area contributed by atoms with E-state index < -0.39 is 0 Å². The van der Waals surface area contributed by atoms with E-state index in [9.17, 15) is 10.1 Å². The molecule has 0 radical (unpaired) electrons. The van der Waals surface area contributed by atoms with E-state index in [1.54, 1.807) is 0 Å². The van der Waals surface area contributed by atoms with E-state index in [1.807, 2.05) is 66.7 Å². The van der Waals surface area contributed by atoms with Crippen LogP contribution in [0.25, 0.3) is 22.4 Å². The zero-order chi connectivity index (χ0) is 13.9. The van der Waals surface area contributed by atoms with Gasteiger partial charge in [-0.1, -0.05) is 60.7 Å². The molecule has 0 aliphatic rings. The number of H-pyrrole nitrogens is 1. The maximum Gasteiger partial charge on any atom is 0.329 e. The standard InChI is InChI=1S/C16H12N2O2/c19-18(20)16-14(12-7-3-1-4-8-12)11-15(17-16)13-9-5-2-6-10-13/h1-11,17H. The normalized spacial score (nSPS) is 10.4. The molecule has 1 aromatic heterocycles. The van der Waals surface area contributed by atoms with Gasteiger partial charge in [0.15, 0.2) is 0 Å². The maximum absolute atomic E-state index is 11.2. The minimum atomic E-state index is -0.380. The van der Waals surface area contributed by atoms with Gasteiger partial charge in [-0.15, -0.1) is 0 Å². The Morgan fingerprint density at radius 3 is 1.95 bits per heavy atom. The summed E-state index contributed by atoms with van der Waals surface area (Å²) in [7, 11) is 0. The Hall–Kier alpha value is -2.88. The van der Waals surface area contributed by atoms with Crippen molar-refractivity contribution in [1.82, 2.24) is 4.98 Å². The van der Waals surface area contributed by atoms with Crippen LogP contribution in [0.4, 0.5) is 5.82 Å². The van der Waals surface area contributed by atoms with Crippen molar-refractivity contribution in [3.05, 3.63) is 76.8 Å². The highest BCUT2D eigenvalue weighted by Crippen LogP contribution is 2.33. The first-order valence-electron chi connectivity index (χ1n) is 6.24. The summed E-state index contributed by atoms with van der Waals surface area (Å²) in [6.07, 6.45) is 0. The van der Waals surface area contributed by atoms with Crippen LogP contribution in [-0.2, 0) is 0 Å². The van der Waals surface area contributed by atoms with Gasteiger partial charge < -0.3 is 10.1 Å². The molecule has 98 valence electrons. The highest BCUT2D eigenvalue weighted by Gasteiger charge is 2.19. The molecule has 1 N–H and O–H groups in total. The van der Waals surface area contributed by atoms with Crippen molar-refractivity contribution in [2.24, 2.45) is 0 Å². The summed E-state index contributed by atoms with van der Waals surface area (Å²) in [5, 5.41) is 11.2. The number of aromatic nitrogens is 1. The van der Waals surface area contributed by atoms with Crippen LogP contribution in [-0.4, -0.2) is 9.91 Å². The molecule has 0 fully saturated rings. The fourth-order valence-corrected chi connectivity index (χ4v) is 2.20. The molecule has 0 saturated carbocycles. The number of nitrogens with zero attached hydrogens (tertiary/aromatic N) is 1. The fourth-order valence-electron chi connectivity index (χ4n) is 2.20. The largest absolute Gasteiger partial charge is 0.358 e. The zero-order valence-corrected chi connectivity index (χ0v) is 10.6. The number of hydrogen-bond acceptors (Lipinski definition) is 2. The molecule has 0 saturated heterocycles. The molecular weight excluding hydrogens is 252 g/mol. The van der Waals surface area contributed by atoms with Gasteiger partial charge in [0.1, 0.15) is 5.69 Å². The predicted molar refractivity (Wildman–Crippen MR) is 78.3 cm³/mol. The van der Waals surface area contributed by atoms with Gasteiger partial charge in [0.2, 0.25) is 0 Å². The minimum Gasteiger partial charge on any atom is -0.358 e. The van der Waals surface area contributed by atoms with Gasteiger partial charge in [0.25, 0.3) is 0 Å². The average molecular weight is 264 g/mol. The first-order valence-corrected chi connectivity index (χ1v) is 6.24. The Labute approximate surface area is 115 Å².